The fraction of sp³-hybridized carbons (Fsp3) is 0.188. The lowest BCUT2D eigenvalue weighted by Crippen LogP contribution is -2.00. The van der Waals surface area contributed by atoms with Gasteiger partial charge in [-0.05, 0) is 41.6 Å². The fourth-order valence-electron chi connectivity index (χ4n) is 2.31. The summed E-state index contributed by atoms with van der Waals surface area (Å²) in [5.41, 5.74) is 3.94. The first-order valence-corrected chi connectivity index (χ1v) is 7.62. The van der Waals surface area contributed by atoms with E-state index in [1.165, 1.54) is 5.56 Å². The number of benzene rings is 1. The largest absolute Gasteiger partial charge is 0.462 e. The Morgan fingerprint density at radius 2 is 2.05 bits per heavy atom. The molecule has 0 radical (unpaired) electrons. The predicted molar refractivity (Wildman–Crippen MR) is 82.1 cm³/mol. The molecule has 20 heavy (non-hydrogen) atoms. The van der Waals surface area contributed by atoms with Crippen LogP contribution in [-0.4, -0.2) is 12.6 Å². The molecule has 0 spiro atoms. The molecule has 2 nitrogen and oxygen atoms in total. The number of ether oxygens (including phenoxy) is 1. The second-order valence-electron chi connectivity index (χ2n) is 4.73. The molecule has 1 fully saturated rings. The molecular formula is C16H13ClO2S. The normalized spacial score (nSPS) is 17.2. The van der Waals surface area contributed by atoms with Crippen molar-refractivity contribution in [3.8, 4) is 0 Å². The topological polar surface area (TPSA) is 26.3 Å². The van der Waals surface area contributed by atoms with Crippen molar-refractivity contribution in [3.05, 3.63) is 62.3 Å². The van der Waals surface area contributed by atoms with Crippen LogP contribution < -0.4 is 0 Å². The van der Waals surface area contributed by atoms with Gasteiger partial charge in [-0.1, -0.05) is 23.7 Å². The van der Waals surface area contributed by atoms with E-state index in [0.717, 1.165) is 21.6 Å². The summed E-state index contributed by atoms with van der Waals surface area (Å²) in [6, 6.07) is 9.69. The summed E-state index contributed by atoms with van der Waals surface area (Å²) in [5.74, 6) is -0.207. The molecule has 4 heteroatoms. The van der Waals surface area contributed by atoms with Crippen molar-refractivity contribution in [2.24, 2.45) is 0 Å². The lowest BCUT2D eigenvalue weighted by atomic mass is 9.97. The van der Waals surface area contributed by atoms with E-state index in [4.69, 9.17) is 16.3 Å². The Hall–Kier alpha value is -1.58. The van der Waals surface area contributed by atoms with Crippen molar-refractivity contribution in [3.63, 3.8) is 0 Å². The number of rotatable bonds is 2. The van der Waals surface area contributed by atoms with Crippen LogP contribution in [0.4, 0.5) is 0 Å². The van der Waals surface area contributed by atoms with Gasteiger partial charge in [-0.2, -0.15) is 0 Å². The van der Waals surface area contributed by atoms with Gasteiger partial charge in [0.1, 0.15) is 0 Å². The zero-order valence-electron chi connectivity index (χ0n) is 11.0. The summed E-state index contributed by atoms with van der Waals surface area (Å²) < 4.78 is 5.10. The van der Waals surface area contributed by atoms with Crippen molar-refractivity contribution < 1.29 is 9.53 Å². The van der Waals surface area contributed by atoms with Crippen molar-refractivity contribution in [2.45, 2.75) is 13.3 Å². The van der Waals surface area contributed by atoms with Crippen LogP contribution in [0, 0.1) is 6.92 Å². The van der Waals surface area contributed by atoms with E-state index in [1.807, 2.05) is 24.3 Å². The molecule has 1 aliphatic rings. The molecule has 0 saturated carbocycles. The van der Waals surface area contributed by atoms with Crippen LogP contribution in [-0.2, 0) is 9.53 Å². The molecule has 0 N–H and O–H groups in total. The van der Waals surface area contributed by atoms with E-state index in [0.29, 0.717) is 18.1 Å². The highest BCUT2D eigenvalue weighted by Crippen LogP contribution is 2.35. The molecule has 2 heterocycles. The van der Waals surface area contributed by atoms with Crippen LogP contribution in [0.5, 0.6) is 0 Å². The number of esters is 1. The molecule has 1 aromatic carbocycles. The zero-order chi connectivity index (χ0) is 14.1. The molecule has 0 amide bonds. The summed E-state index contributed by atoms with van der Waals surface area (Å²) in [6.45, 7) is 2.52. The van der Waals surface area contributed by atoms with Crippen molar-refractivity contribution in [1.29, 1.82) is 0 Å². The maximum atomic E-state index is 11.9. The Kier molecular flexibility index (Phi) is 3.64. The summed E-state index contributed by atoms with van der Waals surface area (Å²) in [4.78, 5) is 13.0. The van der Waals surface area contributed by atoms with E-state index in [9.17, 15) is 4.79 Å². The molecule has 0 aliphatic carbocycles. The summed E-state index contributed by atoms with van der Waals surface area (Å²) in [6.07, 6.45) is 0.660. The van der Waals surface area contributed by atoms with Crippen LogP contribution >= 0.6 is 22.9 Å². The lowest BCUT2D eigenvalue weighted by Gasteiger charge is -2.08. The highest BCUT2D eigenvalue weighted by atomic mass is 35.5. The van der Waals surface area contributed by atoms with E-state index in [1.54, 1.807) is 11.3 Å². The smallest absolute Gasteiger partial charge is 0.334 e. The molecule has 3 rings (SSSR count). The van der Waals surface area contributed by atoms with E-state index in [2.05, 4.69) is 18.4 Å². The van der Waals surface area contributed by atoms with Gasteiger partial charge in [-0.15, -0.1) is 11.3 Å². The van der Waals surface area contributed by atoms with Gasteiger partial charge in [0.2, 0.25) is 0 Å². The Bertz CT molecular complexity index is 683. The molecule has 102 valence electrons. The first-order chi connectivity index (χ1) is 9.65. The summed E-state index contributed by atoms with van der Waals surface area (Å²) >= 11 is 7.60. The van der Waals surface area contributed by atoms with Gasteiger partial charge in [-0.25, -0.2) is 4.79 Å². The third-order valence-electron chi connectivity index (χ3n) is 3.24. The number of carbonyl (C=O) groups excluding carboxylic acids is 1. The molecule has 1 aliphatic heterocycles. The molecule has 1 saturated heterocycles. The third kappa shape index (κ3) is 2.51. The minimum absolute atomic E-state index is 0.207. The van der Waals surface area contributed by atoms with Crippen LogP contribution in [0.3, 0.4) is 0 Å². The lowest BCUT2D eigenvalue weighted by molar-refractivity contribution is -0.135. The maximum absolute atomic E-state index is 11.9. The number of cyclic esters (lactones) is 1. The third-order valence-corrected chi connectivity index (χ3v) is 4.56. The Labute approximate surface area is 126 Å². The fourth-order valence-corrected chi connectivity index (χ4v) is 3.43. The number of hydrogen-bond donors (Lipinski definition) is 0. The van der Waals surface area contributed by atoms with E-state index < -0.39 is 0 Å². The number of thiophene rings is 1. The van der Waals surface area contributed by atoms with Crippen LogP contribution in [0.1, 0.15) is 22.4 Å². The highest BCUT2D eigenvalue weighted by molar-refractivity contribution is 7.11. The average molecular weight is 305 g/mol. The van der Waals surface area contributed by atoms with Crippen molar-refractivity contribution in [2.75, 3.05) is 6.61 Å². The van der Waals surface area contributed by atoms with Crippen LogP contribution in [0.2, 0.25) is 5.02 Å². The number of aryl methyl sites for hydroxylation is 1. The Morgan fingerprint density at radius 1 is 1.30 bits per heavy atom. The molecule has 2 aromatic rings. The second kappa shape index (κ2) is 5.43. The summed E-state index contributed by atoms with van der Waals surface area (Å²) in [5, 5.41) is 2.78. The van der Waals surface area contributed by atoms with Gasteiger partial charge in [0.25, 0.3) is 0 Å². The van der Waals surface area contributed by atoms with Gasteiger partial charge in [-0.3, -0.25) is 0 Å². The van der Waals surface area contributed by atoms with E-state index >= 15 is 0 Å². The van der Waals surface area contributed by atoms with Crippen LogP contribution in [0.25, 0.3) is 5.57 Å². The predicted octanol–water partition coefficient (Wildman–Crippen LogP) is 4.46. The minimum atomic E-state index is -0.207. The molecule has 0 atom stereocenters. The van der Waals surface area contributed by atoms with Crippen LogP contribution in [0.15, 0.2) is 41.3 Å². The quantitative estimate of drug-likeness (QED) is 0.605. The van der Waals surface area contributed by atoms with Gasteiger partial charge in [0, 0.05) is 27.5 Å². The minimum Gasteiger partial charge on any atom is -0.462 e. The molecular weight excluding hydrogens is 292 g/mol. The first kappa shape index (κ1) is 13.4. The Balaban J connectivity index is 2.18. The van der Waals surface area contributed by atoms with Crippen molar-refractivity contribution in [1.82, 2.24) is 0 Å². The maximum Gasteiger partial charge on any atom is 0.334 e. The molecule has 0 bridgehead atoms. The van der Waals surface area contributed by atoms with Gasteiger partial charge >= 0.3 is 5.97 Å². The van der Waals surface area contributed by atoms with Gasteiger partial charge < -0.3 is 4.74 Å². The number of carbonyl (C=O) groups is 1. The Morgan fingerprint density at radius 3 is 2.60 bits per heavy atom. The summed E-state index contributed by atoms with van der Waals surface area (Å²) in [7, 11) is 0. The van der Waals surface area contributed by atoms with Crippen molar-refractivity contribution >= 4 is 34.5 Å². The SMILES string of the molecule is Cc1csc(C(=C2CCOC2=O)c2ccc(Cl)cc2)c1. The standard InChI is InChI=1S/C16H13ClO2S/c1-10-8-14(20-9-10)15(13-6-7-19-16(13)18)11-2-4-12(17)5-3-11/h2-5,8-9H,6-7H2,1H3. The second-order valence-corrected chi connectivity index (χ2v) is 6.08. The zero-order valence-corrected chi connectivity index (χ0v) is 12.6. The molecule has 1 aromatic heterocycles. The average Bonchev–Trinajstić information content (AvgIpc) is 3.03. The molecule has 0 unspecified atom stereocenters. The number of halogens is 1. The number of hydrogen-bond acceptors (Lipinski definition) is 3. The van der Waals surface area contributed by atoms with Gasteiger partial charge in [0.15, 0.2) is 0 Å². The highest BCUT2D eigenvalue weighted by Gasteiger charge is 2.25. The van der Waals surface area contributed by atoms with Gasteiger partial charge in [0.05, 0.1) is 6.61 Å². The monoisotopic (exact) mass is 304 g/mol. The first-order valence-electron chi connectivity index (χ1n) is 6.37. The van der Waals surface area contributed by atoms with E-state index in [-0.39, 0.29) is 5.97 Å².